The van der Waals surface area contributed by atoms with Crippen molar-refractivity contribution in [2.45, 2.75) is 51.7 Å². The van der Waals surface area contributed by atoms with Crippen LogP contribution in [0, 0.1) is 0 Å². The van der Waals surface area contributed by atoms with Crippen molar-refractivity contribution in [1.82, 2.24) is 15.1 Å². The maximum absolute atomic E-state index is 3.62. The molecule has 94 valence electrons. The van der Waals surface area contributed by atoms with Crippen molar-refractivity contribution in [1.29, 1.82) is 0 Å². The van der Waals surface area contributed by atoms with Gasteiger partial charge in [-0.2, -0.15) is 0 Å². The van der Waals surface area contributed by atoms with E-state index in [1.165, 1.54) is 39.1 Å². The average molecular weight is 225 g/mol. The first-order valence-corrected chi connectivity index (χ1v) is 6.71. The van der Waals surface area contributed by atoms with Gasteiger partial charge in [-0.1, -0.05) is 0 Å². The molecule has 0 aromatic rings. The van der Waals surface area contributed by atoms with Gasteiger partial charge in [0, 0.05) is 50.3 Å². The minimum atomic E-state index is 0.347. The van der Waals surface area contributed by atoms with E-state index in [9.17, 15) is 0 Å². The normalized spacial score (nSPS) is 32.4. The van der Waals surface area contributed by atoms with Gasteiger partial charge in [-0.3, -0.25) is 9.80 Å². The highest BCUT2D eigenvalue weighted by Gasteiger charge is 2.34. The van der Waals surface area contributed by atoms with Crippen LogP contribution in [-0.2, 0) is 0 Å². The molecule has 0 spiro atoms. The SMILES string of the molecule is CC(C)N1CCN(C2CNC(C)(C)C2)CC1. The minimum Gasteiger partial charge on any atom is -0.310 e. The first-order valence-electron chi connectivity index (χ1n) is 6.71. The van der Waals surface area contributed by atoms with E-state index in [-0.39, 0.29) is 0 Å². The van der Waals surface area contributed by atoms with Gasteiger partial charge < -0.3 is 5.32 Å². The van der Waals surface area contributed by atoms with Gasteiger partial charge in [-0.05, 0) is 34.1 Å². The Hall–Kier alpha value is -0.120. The summed E-state index contributed by atoms with van der Waals surface area (Å²) in [4.78, 5) is 5.27. The Labute approximate surface area is 100 Å². The number of piperazine rings is 1. The molecule has 2 heterocycles. The zero-order valence-corrected chi connectivity index (χ0v) is 11.3. The lowest BCUT2D eigenvalue weighted by molar-refractivity contribution is 0.0819. The maximum Gasteiger partial charge on any atom is 0.0239 e. The molecule has 0 saturated carbocycles. The smallest absolute Gasteiger partial charge is 0.0239 e. The van der Waals surface area contributed by atoms with Crippen LogP contribution in [0.5, 0.6) is 0 Å². The lowest BCUT2D eigenvalue weighted by Gasteiger charge is -2.39. The van der Waals surface area contributed by atoms with Crippen molar-refractivity contribution in [3.63, 3.8) is 0 Å². The lowest BCUT2D eigenvalue weighted by Crippen LogP contribution is -2.52. The molecule has 2 rings (SSSR count). The molecule has 3 heteroatoms. The largest absolute Gasteiger partial charge is 0.310 e. The topological polar surface area (TPSA) is 18.5 Å². The number of hydrogen-bond acceptors (Lipinski definition) is 3. The fourth-order valence-corrected chi connectivity index (χ4v) is 3.00. The molecule has 0 aromatic carbocycles. The Morgan fingerprint density at radius 1 is 1.12 bits per heavy atom. The minimum absolute atomic E-state index is 0.347. The first-order chi connectivity index (χ1) is 7.48. The van der Waals surface area contributed by atoms with Crippen LogP contribution in [0.4, 0.5) is 0 Å². The fourth-order valence-electron chi connectivity index (χ4n) is 3.00. The van der Waals surface area contributed by atoms with E-state index < -0.39 is 0 Å². The van der Waals surface area contributed by atoms with Gasteiger partial charge in [-0.15, -0.1) is 0 Å². The molecule has 1 atom stereocenters. The molecule has 2 saturated heterocycles. The van der Waals surface area contributed by atoms with E-state index in [0.717, 1.165) is 6.04 Å². The summed E-state index contributed by atoms with van der Waals surface area (Å²) in [7, 11) is 0. The zero-order valence-electron chi connectivity index (χ0n) is 11.3. The number of hydrogen-bond donors (Lipinski definition) is 1. The van der Waals surface area contributed by atoms with Gasteiger partial charge in [0.05, 0.1) is 0 Å². The van der Waals surface area contributed by atoms with Crippen molar-refractivity contribution >= 4 is 0 Å². The second-order valence-electron chi connectivity index (χ2n) is 6.29. The second-order valence-corrected chi connectivity index (χ2v) is 6.29. The van der Waals surface area contributed by atoms with E-state index in [1.807, 2.05) is 0 Å². The summed E-state index contributed by atoms with van der Waals surface area (Å²) < 4.78 is 0. The van der Waals surface area contributed by atoms with E-state index >= 15 is 0 Å². The van der Waals surface area contributed by atoms with Crippen LogP contribution in [0.1, 0.15) is 34.1 Å². The standard InChI is InChI=1S/C13H27N3/c1-11(2)15-5-7-16(8-6-15)12-9-13(3,4)14-10-12/h11-12,14H,5-10H2,1-4H3. The molecule has 0 aliphatic carbocycles. The molecule has 2 aliphatic rings. The summed E-state index contributed by atoms with van der Waals surface area (Å²) in [5, 5.41) is 3.62. The fraction of sp³-hybridized carbons (Fsp3) is 1.00. The number of rotatable bonds is 2. The first kappa shape index (κ1) is 12.3. The quantitative estimate of drug-likeness (QED) is 0.760. The summed E-state index contributed by atoms with van der Waals surface area (Å²) in [5.74, 6) is 0. The van der Waals surface area contributed by atoms with Gasteiger partial charge in [0.25, 0.3) is 0 Å². The van der Waals surface area contributed by atoms with Crippen LogP contribution in [0.15, 0.2) is 0 Å². The van der Waals surface area contributed by atoms with Gasteiger partial charge in [0.2, 0.25) is 0 Å². The highest BCUT2D eigenvalue weighted by atomic mass is 15.3. The molecule has 2 fully saturated rings. The second kappa shape index (κ2) is 4.63. The third kappa shape index (κ3) is 2.76. The Bertz CT molecular complexity index is 229. The molecule has 1 N–H and O–H groups in total. The maximum atomic E-state index is 3.62. The average Bonchev–Trinajstić information content (AvgIpc) is 2.59. The third-order valence-electron chi connectivity index (χ3n) is 4.16. The van der Waals surface area contributed by atoms with Crippen LogP contribution in [-0.4, -0.2) is 60.1 Å². The molecule has 3 nitrogen and oxygen atoms in total. The van der Waals surface area contributed by atoms with Crippen LogP contribution in [0.25, 0.3) is 0 Å². The Kier molecular flexibility index (Phi) is 3.57. The van der Waals surface area contributed by atoms with Gasteiger partial charge in [0.15, 0.2) is 0 Å². The van der Waals surface area contributed by atoms with Crippen molar-refractivity contribution in [2.24, 2.45) is 0 Å². The Balaban J connectivity index is 1.81. The van der Waals surface area contributed by atoms with Gasteiger partial charge in [-0.25, -0.2) is 0 Å². The zero-order chi connectivity index (χ0) is 11.8. The van der Waals surface area contributed by atoms with E-state index in [4.69, 9.17) is 0 Å². The lowest BCUT2D eigenvalue weighted by atomic mass is 10.0. The van der Waals surface area contributed by atoms with Crippen molar-refractivity contribution in [3.8, 4) is 0 Å². The molecule has 16 heavy (non-hydrogen) atoms. The summed E-state index contributed by atoms with van der Waals surface area (Å²) in [6.45, 7) is 15.4. The molecule has 0 radical (unpaired) electrons. The molecular formula is C13H27N3. The predicted molar refractivity (Wildman–Crippen MR) is 68.8 cm³/mol. The van der Waals surface area contributed by atoms with E-state index in [0.29, 0.717) is 11.6 Å². The molecule has 0 aromatic heterocycles. The van der Waals surface area contributed by atoms with Gasteiger partial charge >= 0.3 is 0 Å². The van der Waals surface area contributed by atoms with Crippen LogP contribution < -0.4 is 5.32 Å². The molecule has 0 bridgehead atoms. The molecule has 2 aliphatic heterocycles. The molecule has 1 unspecified atom stereocenters. The predicted octanol–water partition coefficient (Wildman–Crippen LogP) is 1.15. The number of nitrogens with one attached hydrogen (secondary N) is 1. The summed E-state index contributed by atoms with van der Waals surface area (Å²) in [6.07, 6.45) is 1.30. The monoisotopic (exact) mass is 225 g/mol. The third-order valence-corrected chi connectivity index (χ3v) is 4.16. The highest BCUT2D eigenvalue weighted by Crippen LogP contribution is 2.23. The van der Waals surface area contributed by atoms with E-state index in [1.54, 1.807) is 0 Å². The van der Waals surface area contributed by atoms with E-state index in [2.05, 4.69) is 42.8 Å². The summed E-state index contributed by atoms with van der Waals surface area (Å²) >= 11 is 0. The van der Waals surface area contributed by atoms with Crippen molar-refractivity contribution < 1.29 is 0 Å². The Morgan fingerprint density at radius 2 is 1.75 bits per heavy atom. The van der Waals surface area contributed by atoms with Crippen molar-refractivity contribution in [3.05, 3.63) is 0 Å². The molecule has 0 amide bonds. The summed E-state index contributed by atoms with van der Waals surface area (Å²) in [5.41, 5.74) is 0.347. The highest BCUT2D eigenvalue weighted by molar-refractivity contribution is 4.95. The Morgan fingerprint density at radius 3 is 2.19 bits per heavy atom. The molecular weight excluding hydrogens is 198 g/mol. The summed E-state index contributed by atoms with van der Waals surface area (Å²) in [6, 6.07) is 1.48. The van der Waals surface area contributed by atoms with Crippen LogP contribution in [0.2, 0.25) is 0 Å². The van der Waals surface area contributed by atoms with Crippen LogP contribution >= 0.6 is 0 Å². The van der Waals surface area contributed by atoms with Gasteiger partial charge in [0.1, 0.15) is 0 Å². The number of nitrogens with zero attached hydrogens (tertiary/aromatic N) is 2. The van der Waals surface area contributed by atoms with Crippen LogP contribution in [0.3, 0.4) is 0 Å². The van der Waals surface area contributed by atoms with Crippen molar-refractivity contribution in [2.75, 3.05) is 32.7 Å².